The average Bonchev–Trinajstić information content (AvgIpc) is 3.24. The summed E-state index contributed by atoms with van der Waals surface area (Å²) in [5, 5.41) is 6.08. The summed E-state index contributed by atoms with van der Waals surface area (Å²) < 4.78 is 66.9. The second-order valence-electron chi connectivity index (χ2n) is 7.97. The maximum Gasteiger partial charge on any atom is 0.434 e. The highest BCUT2D eigenvalue weighted by molar-refractivity contribution is 5.95. The first kappa shape index (κ1) is 25.1. The number of methoxy groups -OCH3 is 1. The lowest BCUT2D eigenvalue weighted by atomic mass is 10.1. The summed E-state index contributed by atoms with van der Waals surface area (Å²) in [7, 11) is 1.47. The molecule has 0 aliphatic heterocycles. The molecule has 0 aliphatic rings. The molecule has 6 nitrogen and oxygen atoms in total. The molecule has 0 atom stereocenters. The number of halogens is 4. The molecular weight excluding hydrogens is 454 g/mol. The number of ether oxygens (including phenoxy) is 2. The highest BCUT2D eigenvalue weighted by atomic mass is 19.4. The van der Waals surface area contributed by atoms with Crippen LogP contribution >= 0.6 is 0 Å². The number of alkyl halides is 3. The third kappa shape index (κ3) is 5.86. The van der Waals surface area contributed by atoms with Crippen molar-refractivity contribution in [2.24, 2.45) is 5.92 Å². The zero-order valence-electron chi connectivity index (χ0n) is 18.9. The number of para-hydroxylation sites is 1. The van der Waals surface area contributed by atoms with Gasteiger partial charge in [0.25, 0.3) is 5.91 Å². The minimum Gasteiger partial charge on any atom is -0.493 e. The fourth-order valence-corrected chi connectivity index (χ4v) is 3.22. The first-order valence-electron chi connectivity index (χ1n) is 10.6. The Bertz CT molecular complexity index is 1140. The van der Waals surface area contributed by atoms with Gasteiger partial charge in [0.2, 0.25) is 0 Å². The molecule has 0 unspecified atom stereocenters. The molecule has 2 aromatic carbocycles. The Kier molecular flexibility index (Phi) is 7.80. The van der Waals surface area contributed by atoms with Crippen molar-refractivity contribution >= 4 is 5.91 Å². The van der Waals surface area contributed by atoms with E-state index in [1.807, 2.05) is 0 Å². The van der Waals surface area contributed by atoms with Gasteiger partial charge in [-0.3, -0.25) is 4.79 Å². The van der Waals surface area contributed by atoms with Gasteiger partial charge in [-0.2, -0.15) is 18.3 Å². The van der Waals surface area contributed by atoms with Crippen molar-refractivity contribution in [2.45, 2.75) is 33.0 Å². The van der Waals surface area contributed by atoms with Crippen molar-refractivity contribution in [3.8, 4) is 17.2 Å². The molecule has 1 N–H and O–H groups in total. The van der Waals surface area contributed by atoms with Crippen molar-refractivity contribution in [1.29, 1.82) is 0 Å². The van der Waals surface area contributed by atoms with E-state index in [1.165, 1.54) is 19.2 Å². The average molecular weight is 479 g/mol. The summed E-state index contributed by atoms with van der Waals surface area (Å²) in [5.41, 5.74) is -1.89. The highest BCUT2D eigenvalue weighted by Gasteiger charge is 2.41. The van der Waals surface area contributed by atoms with Crippen LogP contribution in [0.2, 0.25) is 0 Å². The first-order chi connectivity index (χ1) is 16.1. The number of rotatable bonds is 9. The molecule has 0 saturated heterocycles. The number of nitrogens with zero attached hydrogens (tertiary/aromatic N) is 2. The number of amides is 1. The molecule has 0 bridgehead atoms. The van der Waals surface area contributed by atoms with E-state index in [9.17, 15) is 22.4 Å². The second kappa shape index (κ2) is 10.6. The summed E-state index contributed by atoms with van der Waals surface area (Å²) in [4.78, 5) is 12.6. The number of carbonyl (C=O) groups excluding carboxylic acids is 1. The molecule has 10 heteroatoms. The van der Waals surface area contributed by atoms with E-state index in [0.717, 1.165) is 24.8 Å². The van der Waals surface area contributed by atoms with Crippen LogP contribution in [0.4, 0.5) is 17.6 Å². The Morgan fingerprint density at radius 3 is 2.53 bits per heavy atom. The molecule has 0 aliphatic carbocycles. The van der Waals surface area contributed by atoms with Crippen molar-refractivity contribution in [3.05, 3.63) is 71.3 Å². The quantitative estimate of drug-likeness (QED) is 0.418. The molecule has 0 spiro atoms. The standard InChI is InChI=1S/C24H25F4N3O3/c1-15(2)10-11-34-20-9-8-16(12-21(20)33-3)13-29-23(32)17-14-30-31(22(17)24(26,27)28)19-7-5-4-6-18(19)25/h4-9,12,14-15H,10-11,13H2,1-3H3,(H,29,32). The van der Waals surface area contributed by atoms with E-state index in [-0.39, 0.29) is 6.54 Å². The van der Waals surface area contributed by atoms with Gasteiger partial charge in [0, 0.05) is 6.54 Å². The molecule has 34 heavy (non-hydrogen) atoms. The Hall–Kier alpha value is -3.56. The lowest BCUT2D eigenvalue weighted by molar-refractivity contribution is -0.143. The predicted molar refractivity (Wildman–Crippen MR) is 118 cm³/mol. The summed E-state index contributed by atoms with van der Waals surface area (Å²) in [6, 6.07) is 9.88. The third-order valence-electron chi connectivity index (χ3n) is 5.00. The number of hydrogen-bond acceptors (Lipinski definition) is 4. The molecule has 3 aromatic rings. The van der Waals surface area contributed by atoms with Gasteiger partial charge in [-0.05, 0) is 42.2 Å². The van der Waals surface area contributed by atoms with Crippen molar-refractivity contribution in [3.63, 3.8) is 0 Å². The second-order valence-corrected chi connectivity index (χ2v) is 7.97. The van der Waals surface area contributed by atoms with E-state index in [4.69, 9.17) is 9.47 Å². The predicted octanol–water partition coefficient (Wildman–Crippen LogP) is 5.39. The molecule has 0 saturated carbocycles. The lowest BCUT2D eigenvalue weighted by Crippen LogP contribution is -2.26. The van der Waals surface area contributed by atoms with Gasteiger partial charge in [-0.1, -0.05) is 32.0 Å². The normalized spacial score (nSPS) is 11.5. The zero-order chi connectivity index (χ0) is 24.9. The fraction of sp³-hybridized carbons (Fsp3) is 0.333. The SMILES string of the molecule is COc1cc(CNC(=O)c2cnn(-c3ccccc3F)c2C(F)(F)F)ccc1OCCC(C)C. The van der Waals surface area contributed by atoms with E-state index in [2.05, 4.69) is 24.3 Å². The van der Waals surface area contributed by atoms with Crippen LogP contribution in [0, 0.1) is 11.7 Å². The molecule has 1 heterocycles. The Morgan fingerprint density at radius 1 is 1.15 bits per heavy atom. The maximum absolute atomic E-state index is 14.1. The van der Waals surface area contributed by atoms with Gasteiger partial charge in [0.15, 0.2) is 17.2 Å². The van der Waals surface area contributed by atoms with E-state index >= 15 is 0 Å². The van der Waals surface area contributed by atoms with Crippen molar-refractivity contribution in [2.75, 3.05) is 13.7 Å². The van der Waals surface area contributed by atoms with Crippen LogP contribution in [-0.4, -0.2) is 29.4 Å². The topological polar surface area (TPSA) is 65.4 Å². The number of hydrogen-bond donors (Lipinski definition) is 1. The third-order valence-corrected chi connectivity index (χ3v) is 5.00. The molecule has 3 rings (SSSR count). The van der Waals surface area contributed by atoms with Crippen LogP contribution in [0.5, 0.6) is 11.5 Å². The van der Waals surface area contributed by atoms with Crippen molar-refractivity contribution in [1.82, 2.24) is 15.1 Å². The van der Waals surface area contributed by atoms with Crippen LogP contribution in [0.15, 0.2) is 48.7 Å². The minimum absolute atomic E-state index is 0.0658. The Morgan fingerprint density at radius 2 is 1.88 bits per heavy atom. The summed E-state index contributed by atoms with van der Waals surface area (Å²) in [6.07, 6.45) is -3.30. The highest BCUT2D eigenvalue weighted by Crippen LogP contribution is 2.34. The number of benzene rings is 2. The van der Waals surface area contributed by atoms with Gasteiger partial charge in [0.05, 0.1) is 25.5 Å². The van der Waals surface area contributed by atoms with Crippen molar-refractivity contribution < 1.29 is 31.8 Å². The van der Waals surface area contributed by atoms with E-state index in [1.54, 1.807) is 18.2 Å². The first-order valence-corrected chi connectivity index (χ1v) is 10.6. The fourth-order valence-electron chi connectivity index (χ4n) is 3.22. The van der Waals surface area contributed by atoms with Gasteiger partial charge < -0.3 is 14.8 Å². The zero-order valence-corrected chi connectivity index (χ0v) is 18.9. The van der Waals surface area contributed by atoms with Gasteiger partial charge in [-0.15, -0.1) is 0 Å². The van der Waals surface area contributed by atoms with Crippen LogP contribution < -0.4 is 14.8 Å². The monoisotopic (exact) mass is 479 g/mol. The number of aromatic nitrogens is 2. The van der Waals surface area contributed by atoms with Gasteiger partial charge in [0.1, 0.15) is 11.5 Å². The van der Waals surface area contributed by atoms with Crippen LogP contribution in [0.25, 0.3) is 5.69 Å². The molecular formula is C24H25F4N3O3. The maximum atomic E-state index is 14.1. The molecule has 182 valence electrons. The number of carbonyl (C=O) groups is 1. The van der Waals surface area contributed by atoms with Crippen LogP contribution in [0.1, 0.15) is 41.9 Å². The molecule has 1 amide bonds. The lowest BCUT2D eigenvalue weighted by Gasteiger charge is -2.14. The van der Waals surface area contributed by atoms with Crippen LogP contribution in [0.3, 0.4) is 0 Å². The molecule has 1 aromatic heterocycles. The number of nitrogens with one attached hydrogen (secondary N) is 1. The summed E-state index contributed by atoms with van der Waals surface area (Å²) in [5.74, 6) is -0.440. The smallest absolute Gasteiger partial charge is 0.434 e. The Labute approximate surface area is 194 Å². The van der Waals surface area contributed by atoms with Crippen LogP contribution in [-0.2, 0) is 12.7 Å². The van der Waals surface area contributed by atoms with E-state index < -0.39 is 34.8 Å². The van der Waals surface area contributed by atoms with Gasteiger partial charge >= 0.3 is 6.18 Å². The minimum atomic E-state index is -4.94. The molecule has 0 fully saturated rings. The largest absolute Gasteiger partial charge is 0.493 e. The van der Waals surface area contributed by atoms with Gasteiger partial charge in [-0.25, -0.2) is 9.07 Å². The van der Waals surface area contributed by atoms with E-state index in [0.29, 0.717) is 34.3 Å². The molecule has 0 radical (unpaired) electrons. The Balaban J connectivity index is 1.78. The summed E-state index contributed by atoms with van der Waals surface area (Å²) in [6.45, 7) is 4.60. The summed E-state index contributed by atoms with van der Waals surface area (Å²) >= 11 is 0.